The average Bonchev–Trinajstić information content (AvgIpc) is 3.28. The van der Waals surface area contributed by atoms with E-state index in [9.17, 15) is 10.2 Å². The van der Waals surface area contributed by atoms with Gasteiger partial charge in [0.05, 0.1) is 5.41 Å². The second-order valence-corrected chi connectivity index (χ2v) is 10.9. The van der Waals surface area contributed by atoms with Crippen molar-refractivity contribution in [1.29, 1.82) is 0 Å². The molecule has 2 N–H and O–H groups in total. The largest absolute Gasteiger partial charge is 0.508 e. The maximum atomic E-state index is 11.9. The fraction of sp³-hybridized carbons (Fsp3) is 0.0769. The van der Waals surface area contributed by atoms with Crippen LogP contribution in [0.4, 0.5) is 0 Å². The zero-order valence-electron chi connectivity index (χ0n) is 23.1. The summed E-state index contributed by atoms with van der Waals surface area (Å²) >= 11 is 0. The van der Waals surface area contributed by atoms with Crippen LogP contribution in [0.25, 0.3) is 33.4 Å². The molecule has 41 heavy (non-hydrogen) atoms. The van der Waals surface area contributed by atoms with Crippen LogP contribution in [-0.2, 0) is 5.41 Å². The van der Waals surface area contributed by atoms with Gasteiger partial charge in [0.2, 0.25) is 0 Å². The van der Waals surface area contributed by atoms with Gasteiger partial charge in [-0.1, -0.05) is 121 Å². The molecular weight excluding hydrogens is 500 g/mol. The Kier molecular flexibility index (Phi) is 5.80. The van der Waals surface area contributed by atoms with E-state index < -0.39 is 5.41 Å². The molecule has 0 radical (unpaired) electrons. The van der Waals surface area contributed by atoms with E-state index in [1.54, 1.807) is 0 Å². The fourth-order valence-electron chi connectivity index (χ4n) is 6.79. The normalized spacial score (nSPS) is 13.0. The predicted octanol–water partition coefficient (Wildman–Crippen LogP) is 9.41. The first-order valence-electron chi connectivity index (χ1n) is 14.0. The minimum absolute atomic E-state index is 0.194. The first kappa shape index (κ1) is 24.9. The molecule has 1 aliphatic rings. The van der Waals surface area contributed by atoms with Gasteiger partial charge in [0.15, 0.2) is 0 Å². The molecule has 0 bridgehead atoms. The smallest absolute Gasteiger partial charge is 0.120 e. The zero-order chi connectivity index (χ0) is 28.1. The highest BCUT2D eigenvalue weighted by atomic mass is 16.3. The summed E-state index contributed by atoms with van der Waals surface area (Å²) in [4.78, 5) is 0. The first-order chi connectivity index (χ1) is 20.0. The van der Waals surface area contributed by atoms with Crippen molar-refractivity contribution < 1.29 is 10.2 Å². The number of rotatable bonds is 4. The van der Waals surface area contributed by atoms with Crippen LogP contribution in [0.15, 0.2) is 133 Å². The number of hydrogen-bond donors (Lipinski definition) is 2. The third kappa shape index (κ3) is 3.72. The predicted molar refractivity (Wildman–Crippen MR) is 167 cm³/mol. The van der Waals surface area contributed by atoms with Gasteiger partial charge in [-0.15, -0.1) is 0 Å². The van der Waals surface area contributed by atoms with E-state index in [-0.39, 0.29) is 11.5 Å². The summed E-state index contributed by atoms with van der Waals surface area (Å²) in [6.45, 7) is 4.17. The van der Waals surface area contributed by atoms with E-state index in [2.05, 4.69) is 74.5 Å². The summed E-state index contributed by atoms with van der Waals surface area (Å²) in [6, 6.07) is 45.1. The van der Waals surface area contributed by atoms with Crippen molar-refractivity contribution in [2.24, 2.45) is 0 Å². The van der Waals surface area contributed by atoms with Crippen molar-refractivity contribution in [2.45, 2.75) is 19.3 Å². The van der Waals surface area contributed by atoms with Crippen LogP contribution in [-0.4, -0.2) is 10.2 Å². The summed E-state index contributed by atoms with van der Waals surface area (Å²) in [5.41, 5.74) is 11.2. The van der Waals surface area contributed by atoms with Crippen molar-refractivity contribution in [1.82, 2.24) is 0 Å². The number of benzene rings is 6. The molecule has 0 heterocycles. The minimum Gasteiger partial charge on any atom is -0.508 e. The van der Waals surface area contributed by atoms with E-state index in [1.165, 1.54) is 0 Å². The van der Waals surface area contributed by atoms with Gasteiger partial charge in [0.1, 0.15) is 11.5 Å². The van der Waals surface area contributed by atoms with Crippen LogP contribution >= 0.6 is 0 Å². The van der Waals surface area contributed by atoms with Gasteiger partial charge >= 0.3 is 0 Å². The number of aryl methyl sites for hydroxylation is 2. The van der Waals surface area contributed by atoms with Gasteiger partial charge in [-0.2, -0.15) is 0 Å². The summed E-state index contributed by atoms with van der Waals surface area (Å²) in [6.07, 6.45) is 0. The van der Waals surface area contributed by atoms with E-state index in [0.29, 0.717) is 0 Å². The highest BCUT2D eigenvalue weighted by molar-refractivity contribution is 5.88. The molecule has 0 spiro atoms. The Bertz CT molecular complexity index is 1810. The van der Waals surface area contributed by atoms with Gasteiger partial charge in [-0.3, -0.25) is 0 Å². The van der Waals surface area contributed by atoms with Crippen LogP contribution in [0.3, 0.4) is 0 Å². The number of hydrogen-bond acceptors (Lipinski definition) is 2. The van der Waals surface area contributed by atoms with Gasteiger partial charge in [0.25, 0.3) is 0 Å². The van der Waals surface area contributed by atoms with Gasteiger partial charge in [-0.05, 0) is 81.6 Å². The molecule has 0 aliphatic heterocycles. The average molecular weight is 531 g/mol. The van der Waals surface area contributed by atoms with Crippen molar-refractivity contribution in [2.75, 3.05) is 0 Å². The molecule has 7 rings (SSSR count). The molecule has 6 aromatic carbocycles. The van der Waals surface area contributed by atoms with Crippen molar-refractivity contribution in [3.8, 4) is 44.9 Å². The third-order valence-corrected chi connectivity index (χ3v) is 8.67. The highest BCUT2D eigenvalue weighted by Crippen LogP contribution is 2.59. The van der Waals surface area contributed by atoms with Crippen LogP contribution in [0.5, 0.6) is 11.5 Å². The van der Waals surface area contributed by atoms with E-state index in [0.717, 1.165) is 66.8 Å². The summed E-state index contributed by atoms with van der Waals surface area (Å²) in [5.74, 6) is 0.388. The number of phenols is 2. The molecule has 1 aliphatic carbocycles. The van der Waals surface area contributed by atoms with Gasteiger partial charge in [-0.25, -0.2) is 0 Å². The third-order valence-electron chi connectivity index (χ3n) is 8.67. The second-order valence-electron chi connectivity index (χ2n) is 10.9. The molecule has 2 nitrogen and oxygen atoms in total. The fourth-order valence-corrected chi connectivity index (χ4v) is 6.79. The Hall–Kier alpha value is -5.08. The number of fused-ring (bicyclic) bond motifs is 3. The summed E-state index contributed by atoms with van der Waals surface area (Å²) in [5, 5.41) is 23.7. The monoisotopic (exact) mass is 530 g/mol. The van der Waals surface area contributed by atoms with E-state index >= 15 is 0 Å². The molecule has 0 fully saturated rings. The van der Waals surface area contributed by atoms with Gasteiger partial charge < -0.3 is 10.2 Å². The number of phenolic OH excluding ortho intramolecular Hbond substituents is 2. The Morgan fingerprint density at radius 3 is 1.15 bits per heavy atom. The number of aromatic hydroxyl groups is 2. The maximum absolute atomic E-state index is 11.9. The topological polar surface area (TPSA) is 40.5 Å². The molecular formula is C39H30O2. The lowest BCUT2D eigenvalue weighted by molar-refractivity contribution is 0.448. The molecule has 0 aromatic heterocycles. The standard InChI is InChI=1S/C39H30O2/c1-25-11-3-5-13-29(25)27-19-21-35(37(40)23-27)39(33-17-9-7-15-31(33)32-16-8-10-18-34(32)39)36-22-20-28(24-38(36)41)30-14-6-4-12-26(30)2/h3-24,40-41H,1-2H3. The lowest BCUT2D eigenvalue weighted by Gasteiger charge is -2.35. The molecule has 2 heteroatoms. The Labute approximate surface area is 240 Å². The Morgan fingerprint density at radius 1 is 0.390 bits per heavy atom. The van der Waals surface area contributed by atoms with Crippen molar-refractivity contribution in [3.63, 3.8) is 0 Å². The Balaban J connectivity index is 1.53. The first-order valence-corrected chi connectivity index (χ1v) is 14.0. The van der Waals surface area contributed by atoms with Gasteiger partial charge in [0, 0.05) is 11.1 Å². The minimum atomic E-state index is -0.907. The molecule has 0 amide bonds. The molecule has 0 unspecified atom stereocenters. The molecule has 6 aromatic rings. The molecule has 0 atom stereocenters. The lowest BCUT2D eigenvalue weighted by Crippen LogP contribution is -2.29. The lowest BCUT2D eigenvalue weighted by atomic mass is 9.66. The van der Waals surface area contributed by atoms with E-state index in [1.807, 2.05) is 72.8 Å². The SMILES string of the molecule is Cc1ccccc1-c1ccc(C2(c3ccc(-c4ccccc4C)cc3O)c3ccccc3-c3ccccc32)c(O)c1. The summed E-state index contributed by atoms with van der Waals surface area (Å²) < 4.78 is 0. The maximum Gasteiger partial charge on any atom is 0.120 e. The summed E-state index contributed by atoms with van der Waals surface area (Å²) in [7, 11) is 0. The van der Waals surface area contributed by atoms with Crippen LogP contribution in [0.2, 0.25) is 0 Å². The zero-order valence-corrected chi connectivity index (χ0v) is 23.1. The van der Waals surface area contributed by atoms with Crippen LogP contribution in [0.1, 0.15) is 33.4 Å². The Morgan fingerprint density at radius 2 is 0.756 bits per heavy atom. The van der Waals surface area contributed by atoms with Crippen molar-refractivity contribution >= 4 is 0 Å². The highest BCUT2D eigenvalue weighted by Gasteiger charge is 2.48. The quantitative estimate of drug-likeness (QED) is 0.238. The van der Waals surface area contributed by atoms with E-state index in [4.69, 9.17) is 0 Å². The van der Waals surface area contributed by atoms with Crippen LogP contribution in [0, 0.1) is 13.8 Å². The molecule has 0 saturated heterocycles. The molecule has 0 saturated carbocycles. The van der Waals surface area contributed by atoms with Crippen molar-refractivity contribution in [3.05, 3.63) is 167 Å². The molecule has 198 valence electrons. The van der Waals surface area contributed by atoms with Crippen LogP contribution < -0.4 is 0 Å². The second kappa shape index (κ2) is 9.53.